The minimum Gasteiger partial charge on any atom is -0.325 e. The van der Waals surface area contributed by atoms with E-state index in [1.165, 1.54) is 0 Å². The zero-order valence-corrected chi connectivity index (χ0v) is 10.2. The number of hydrogen-bond acceptors (Lipinski definition) is 4. The Balaban J connectivity index is 2.24. The molecule has 0 aromatic carbocycles. The van der Waals surface area contributed by atoms with Crippen LogP contribution in [-0.4, -0.2) is 14.6 Å². The van der Waals surface area contributed by atoms with Crippen molar-refractivity contribution in [2.75, 3.05) is 0 Å². The van der Waals surface area contributed by atoms with Gasteiger partial charge in [-0.15, -0.1) is 11.3 Å². The summed E-state index contributed by atoms with van der Waals surface area (Å²) in [5.74, 6) is 0. The lowest BCUT2D eigenvalue weighted by atomic mass is 10.3. The van der Waals surface area contributed by atoms with Gasteiger partial charge in [0.1, 0.15) is 5.69 Å². The molecular weight excluding hydrogens is 232 g/mol. The van der Waals surface area contributed by atoms with Gasteiger partial charge in [0.2, 0.25) is 0 Å². The summed E-state index contributed by atoms with van der Waals surface area (Å²) in [5.41, 5.74) is 9.46. The third kappa shape index (κ3) is 1.64. The third-order valence-corrected chi connectivity index (χ3v) is 3.63. The van der Waals surface area contributed by atoms with Gasteiger partial charge in [-0.25, -0.2) is 9.50 Å². The predicted molar refractivity (Wildman–Crippen MR) is 68.9 cm³/mol. The summed E-state index contributed by atoms with van der Waals surface area (Å²) < 4.78 is 1.84. The van der Waals surface area contributed by atoms with E-state index in [-0.39, 0.29) is 0 Å². The maximum Gasteiger partial charge on any atom is 0.154 e. The standard InChI is InChI=1S/C12H12N4S/c1-8-10(7-13)16-12(14-8)5-4-9(15-16)11-3-2-6-17-11/h2-6H,7,13H2,1H3. The molecule has 17 heavy (non-hydrogen) atoms. The highest BCUT2D eigenvalue weighted by Gasteiger charge is 2.09. The normalized spacial score (nSPS) is 11.2. The molecule has 0 atom stereocenters. The molecular formula is C12H12N4S. The van der Waals surface area contributed by atoms with Crippen molar-refractivity contribution in [2.24, 2.45) is 5.73 Å². The molecule has 0 radical (unpaired) electrons. The van der Waals surface area contributed by atoms with E-state index in [1.807, 2.05) is 35.0 Å². The minimum atomic E-state index is 0.452. The fraction of sp³-hybridized carbons (Fsp3) is 0.167. The number of thiophene rings is 1. The van der Waals surface area contributed by atoms with Gasteiger partial charge in [-0.3, -0.25) is 0 Å². The molecule has 0 saturated carbocycles. The Morgan fingerprint density at radius 2 is 2.24 bits per heavy atom. The lowest BCUT2D eigenvalue weighted by molar-refractivity contribution is 0.843. The first kappa shape index (κ1) is 10.4. The molecule has 4 nitrogen and oxygen atoms in total. The van der Waals surface area contributed by atoms with E-state index in [0.717, 1.165) is 27.6 Å². The Hall–Kier alpha value is -1.72. The highest BCUT2D eigenvalue weighted by atomic mass is 32.1. The van der Waals surface area contributed by atoms with Crippen LogP contribution in [0.25, 0.3) is 16.2 Å². The number of rotatable bonds is 2. The van der Waals surface area contributed by atoms with Crippen LogP contribution in [0.4, 0.5) is 0 Å². The monoisotopic (exact) mass is 244 g/mol. The van der Waals surface area contributed by atoms with Crippen molar-refractivity contribution in [1.82, 2.24) is 14.6 Å². The molecule has 86 valence electrons. The maximum absolute atomic E-state index is 5.73. The van der Waals surface area contributed by atoms with Crippen LogP contribution in [0, 0.1) is 6.92 Å². The summed E-state index contributed by atoms with van der Waals surface area (Å²) in [4.78, 5) is 5.58. The zero-order valence-electron chi connectivity index (χ0n) is 9.42. The Labute approximate surface area is 103 Å². The van der Waals surface area contributed by atoms with Crippen LogP contribution in [0.3, 0.4) is 0 Å². The molecule has 5 heteroatoms. The van der Waals surface area contributed by atoms with Crippen LogP contribution in [0.2, 0.25) is 0 Å². The van der Waals surface area contributed by atoms with Crippen molar-refractivity contribution >= 4 is 17.0 Å². The Kier molecular flexibility index (Phi) is 2.42. The molecule has 3 heterocycles. The third-order valence-electron chi connectivity index (χ3n) is 2.74. The van der Waals surface area contributed by atoms with Gasteiger partial charge in [0.25, 0.3) is 0 Å². The lowest BCUT2D eigenvalue weighted by Gasteiger charge is -2.01. The number of imidazole rings is 1. The van der Waals surface area contributed by atoms with Gasteiger partial charge in [-0.2, -0.15) is 5.10 Å². The first-order valence-electron chi connectivity index (χ1n) is 5.39. The summed E-state index contributed by atoms with van der Waals surface area (Å²) in [7, 11) is 0. The van der Waals surface area contributed by atoms with Crippen LogP contribution in [0.1, 0.15) is 11.4 Å². The fourth-order valence-corrected chi connectivity index (χ4v) is 2.57. The van der Waals surface area contributed by atoms with Crippen molar-refractivity contribution in [3.8, 4) is 10.6 Å². The molecule has 3 aromatic rings. The number of aromatic nitrogens is 3. The van der Waals surface area contributed by atoms with Crippen molar-refractivity contribution < 1.29 is 0 Å². The highest BCUT2D eigenvalue weighted by Crippen LogP contribution is 2.23. The van der Waals surface area contributed by atoms with Gasteiger partial charge in [-0.05, 0) is 30.5 Å². The minimum absolute atomic E-state index is 0.452. The Morgan fingerprint density at radius 1 is 1.35 bits per heavy atom. The van der Waals surface area contributed by atoms with E-state index in [4.69, 9.17) is 5.73 Å². The molecule has 0 fully saturated rings. The SMILES string of the molecule is Cc1nc2ccc(-c3cccs3)nn2c1CN. The van der Waals surface area contributed by atoms with Crippen molar-refractivity contribution in [3.05, 3.63) is 41.0 Å². The molecule has 0 bridgehead atoms. The van der Waals surface area contributed by atoms with Gasteiger partial charge in [0.05, 0.1) is 16.3 Å². The largest absolute Gasteiger partial charge is 0.325 e. The van der Waals surface area contributed by atoms with E-state index in [9.17, 15) is 0 Å². The highest BCUT2D eigenvalue weighted by molar-refractivity contribution is 7.13. The average molecular weight is 244 g/mol. The van der Waals surface area contributed by atoms with Crippen molar-refractivity contribution in [3.63, 3.8) is 0 Å². The summed E-state index contributed by atoms with van der Waals surface area (Å²) in [5, 5.41) is 6.64. The molecule has 0 spiro atoms. The van der Waals surface area contributed by atoms with E-state index in [0.29, 0.717) is 6.54 Å². The molecule has 0 saturated heterocycles. The second-order valence-electron chi connectivity index (χ2n) is 3.81. The van der Waals surface area contributed by atoms with Crippen LogP contribution in [-0.2, 0) is 6.54 Å². The fourth-order valence-electron chi connectivity index (χ4n) is 1.88. The number of hydrogen-bond donors (Lipinski definition) is 1. The number of nitrogens with zero attached hydrogens (tertiary/aromatic N) is 3. The smallest absolute Gasteiger partial charge is 0.154 e. The second-order valence-corrected chi connectivity index (χ2v) is 4.76. The van der Waals surface area contributed by atoms with E-state index in [2.05, 4.69) is 16.1 Å². The molecule has 2 N–H and O–H groups in total. The van der Waals surface area contributed by atoms with Crippen LogP contribution in [0.5, 0.6) is 0 Å². The van der Waals surface area contributed by atoms with Gasteiger partial charge >= 0.3 is 0 Å². The van der Waals surface area contributed by atoms with Crippen LogP contribution < -0.4 is 5.73 Å². The molecule has 3 aromatic heterocycles. The molecule has 3 rings (SSSR count). The van der Waals surface area contributed by atoms with E-state index < -0.39 is 0 Å². The van der Waals surface area contributed by atoms with Gasteiger partial charge < -0.3 is 5.73 Å². The number of nitrogens with two attached hydrogens (primary N) is 1. The second kappa shape index (κ2) is 3.94. The van der Waals surface area contributed by atoms with Crippen LogP contribution in [0.15, 0.2) is 29.6 Å². The number of aryl methyl sites for hydroxylation is 1. The molecule has 0 amide bonds. The Bertz CT molecular complexity index is 655. The lowest BCUT2D eigenvalue weighted by Crippen LogP contribution is -2.05. The predicted octanol–water partition coefficient (Wildman–Crippen LogP) is 2.22. The van der Waals surface area contributed by atoms with Crippen LogP contribution >= 0.6 is 11.3 Å². The van der Waals surface area contributed by atoms with Gasteiger partial charge in [-0.1, -0.05) is 6.07 Å². The Morgan fingerprint density at radius 3 is 2.94 bits per heavy atom. The molecule has 0 aliphatic heterocycles. The van der Waals surface area contributed by atoms with Gasteiger partial charge in [0, 0.05) is 6.54 Å². The van der Waals surface area contributed by atoms with E-state index in [1.54, 1.807) is 11.3 Å². The quantitative estimate of drug-likeness (QED) is 0.752. The summed E-state index contributed by atoms with van der Waals surface area (Å²) in [6.45, 7) is 2.41. The first-order chi connectivity index (χ1) is 8.29. The topological polar surface area (TPSA) is 56.2 Å². The summed E-state index contributed by atoms with van der Waals surface area (Å²) in [6, 6.07) is 8.06. The summed E-state index contributed by atoms with van der Waals surface area (Å²) in [6.07, 6.45) is 0. The van der Waals surface area contributed by atoms with Crippen molar-refractivity contribution in [2.45, 2.75) is 13.5 Å². The molecule has 0 unspecified atom stereocenters. The first-order valence-corrected chi connectivity index (χ1v) is 6.27. The summed E-state index contributed by atoms with van der Waals surface area (Å²) >= 11 is 1.68. The molecule has 0 aliphatic rings. The maximum atomic E-state index is 5.73. The average Bonchev–Trinajstić information content (AvgIpc) is 2.93. The van der Waals surface area contributed by atoms with Crippen molar-refractivity contribution in [1.29, 1.82) is 0 Å². The zero-order chi connectivity index (χ0) is 11.8. The molecule has 0 aliphatic carbocycles. The number of fused-ring (bicyclic) bond motifs is 1. The van der Waals surface area contributed by atoms with E-state index >= 15 is 0 Å². The van der Waals surface area contributed by atoms with Gasteiger partial charge in [0.15, 0.2) is 5.65 Å².